The highest BCUT2D eigenvalue weighted by molar-refractivity contribution is 5.32. The van der Waals surface area contributed by atoms with Crippen molar-refractivity contribution in [1.29, 1.82) is 0 Å². The molecule has 0 bridgehead atoms. The van der Waals surface area contributed by atoms with Crippen LogP contribution in [0.5, 0.6) is 0 Å². The highest BCUT2D eigenvalue weighted by atomic mass is 19.4. The van der Waals surface area contributed by atoms with Gasteiger partial charge in [-0.3, -0.25) is 0 Å². The van der Waals surface area contributed by atoms with E-state index in [4.69, 9.17) is 4.74 Å². The van der Waals surface area contributed by atoms with Crippen LogP contribution in [-0.4, -0.2) is 53.9 Å². The summed E-state index contributed by atoms with van der Waals surface area (Å²) in [7, 11) is 0. The van der Waals surface area contributed by atoms with Crippen LogP contribution >= 0.6 is 0 Å². The van der Waals surface area contributed by atoms with Gasteiger partial charge in [0.1, 0.15) is 0 Å². The van der Waals surface area contributed by atoms with Crippen LogP contribution in [0.4, 0.5) is 13.2 Å². The molecule has 206 valence electrons. The number of halogens is 3. The monoisotopic (exact) mass is 513 g/mol. The summed E-state index contributed by atoms with van der Waals surface area (Å²) in [5.74, 6) is 1.50. The third kappa shape index (κ3) is 3.03. The molecule has 6 rings (SSSR count). The number of nitrogens with one attached hydrogen (secondary N) is 1. The molecule has 4 nitrogen and oxygen atoms in total. The van der Waals surface area contributed by atoms with Gasteiger partial charge >= 0.3 is 6.18 Å². The molecule has 6 fully saturated rings. The van der Waals surface area contributed by atoms with E-state index >= 15 is 0 Å². The minimum atomic E-state index is -4.23. The van der Waals surface area contributed by atoms with Gasteiger partial charge in [0.05, 0.1) is 31.0 Å². The Kier molecular flexibility index (Phi) is 5.49. The van der Waals surface area contributed by atoms with Crippen molar-refractivity contribution in [1.82, 2.24) is 5.32 Å². The summed E-state index contributed by atoms with van der Waals surface area (Å²) in [5.41, 5.74) is 0.180. The molecule has 0 aromatic rings. The van der Waals surface area contributed by atoms with Crippen molar-refractivity contribution in [3.8, 4) is 0 Å². The highest BCUT2D eigenvalue weighted by Gasteiger charge is 2.84. The molecule has 5 saturated carbocycles. The fraction of sp³-hybridized carbons (Fsp3) is 1.00. The lowest BCUT2D eigenvalue weighted by molar-refractivity contribution is -0.182. The van der Waals surface area contributed by atoms with Crippen LogP contribution < -0.4 is 5.32 Å². The van der Waals surface area contributed by atoms with Crippen molar-refractivity contribution in [2.45, 2.75) is 117 Å². The fourth-order valence-corrected chi connectivity index (χ4v) is 11.9. The Morgan fingerprint density at radius 2 is 1.61 bits per heavy atom. The molecule has 1 heterocycles. The number of hydrogen-bond donors (Lipinski definition) is 3. The van der Waals surface area contributed by atoms with Crippen molar-refractivity contribution < 1.29 is 28.1 Å². The van der Waals surface area contributed by atoms with E-state index in [9.17, 15) is 23.4 Å². The van der Waals surface area contributed by atoms with E-state index in [0.717, 1.165) is 38.5 Å². The lowest BCUT2D eigenvalue weighted by Crippen LogP contribution is -2.59. The zero-order valence-electron chi connectivity index (χ0n) is 22.6. The minimum absolute atomic E-state index is 0.0445. The predicted molar refractivity (Wildman–Crippen MR) is 131 cm³/mol. The second-order valence-electron chi connectivity index (χ2n) is 14.9. The normalized spacial score (nSPS) is 57.2. The summed E-state index contributed by atoms with van der Waals surface area (Å²) in [6, 6.07) is 0. The molecule has 0 aromatic carbocycles. The molecule has 2 spiro atoms. The van der Waals surface area contributed by atoms with Gasteiger partial charge in [-0.15, -0.1) is 0 Å². The van der Waals surface area contributed by atoms with E-state index in [1.807, 2.05) is 0 Å². The van der Waals surface area contributed by atoms with Gasteiger partial charge < -0.3 is 20.3 Å². The van der Waals surface area contributed by atoms with Gasteiger partial charge in [0, 0.05) is 12.0 Å². The van der Waals surface area contributed by atoms with Crippen LogP contribution in [0.2, 0.25) is 0 Å². The Labute approximate surface area is 214 Å². The van der Waals surface area contributed by atoms with E-state index in [2.05, 4.69) is 39.9 Å². The molecule has 5 aliphatic carbocycles. The third-order valence-corrected chi connectivity index (χ3v) is 13.6. The molecule has 0 aromatic heterocycles. The molecule has 6 aliphatic rings. The van der Waals surface area contributed by atoms with E-state index < -0.39 is 18.8 Å². The first-order chi connectivity index (χ1) is 16.6. The van der Waals surface area contributed by atoms with Crippen molar-refractivity contribution in [2.75, 3.05) is 13.1 Å². The van der Waals surface area contributed by atoms with Crippen molar-refractivity contribution in [3.63, 3.8) is 0 Å². The SMILES string of the molecule is C[C@@H]1CC(CNCC(F)(F)F)OC2[C@H]1C1(C)CCC34CC35CC[C@H](O)C(C)(C)[C@@H]5CCC4[C@]1(C)[C@H]2O. The molecular weight excluding hydrogens is 467 g/mol. The molecule has 36 heavy (non-hydrogen) atoms. The predicted octanol–water partition coefficient (Wildman–Crippen LogP) is 5.31. The fourth-order valence-electron chi connectivity index (χ4n) is 11.9. The maximum atomic E-state index is 12.7. The molecule has 1 aliphatic heterocycles. The maximum Gasteiger partial charge on any atom is 0.401 e. The number of aliphatic hydroxyl groups excluding tert-OH is 2. The average Bonchev–Trinajstić information content (AvgIpc) is 3.41. The first-order valence-corrected chi connectivity index (χ1v) is 14.4. The van der Waals surface area contributed by atoms with Crippen LogP contribution in [0, 0.1) is 50.7 Å². The largest absolute Gasteiger partial charge is 0.401 e. The van der Waals surface area contributed by atoms with Gasteiger partial charge in [-0.25, -0.2) is 0 Å². The van der Waals surface area contributed by atoms with Crippen LogP contribution in [0.3, 0.4) is 0 Å². The Bertz CT molecular complexity index is 911. The molecule has 7 heteroatoms. The molecule has 6 unspecified atom stereocenters. The lowest BCUT2D eigenvalue weighted by atomic mass is 9.41. The molecular formula is C29H46F3NO3. The molecule has 3 N–H and O–H groups in total. The highest BCUT2D eigenvalue weighted by Crippen LogP contribution is 2.89. The number of ether oxygens (including phenoxy) is 1. The smallest absolute Gasteiger partial charge is 0.393 e. The molecule has 12 atom stereocenters. The van der Waals surface area contributed by atoms with Gasteiger partial charge in [0.25, 0.3) is 0 Å². The maximum absolute atomic E-state index is 12.7. The van der Waals surface area contributed by atoms with Gasteiger partial charge in [0.2, 0.25) is 0 Å². The summed E-state index contributed by atoms with van der Waals surface area (Å²) in [6.45, 7) is 10.7. The first-order valence-electron chi connectivity index (χ1n) is 14.4. The van der Waals surface area contributed by atoms with Crippen molar-refractivity contribution >= 4 is 0 Å². The summed E-state index contributed by atoms with van der Waals surface area (Å²) in [4.78, 5) is 0. The quantitative estimate of drug-likeness (QED) is 0.479. The Morgan fingerprint density at radius 3 is 2.31 bits per heavy atom. The molecule has 1 saturated heterocycles. The van der Waals surface area contributed by atoms with E-state index in [-0.39, 0.29) is 52.4 Å². The van der Waals surface area contributed by atoms with Crippen LogP contribution in [0.15, 0.2) is 0 Å². The Morgan fingerprint density at radius 1 is 0.944 bits per heavy atom. The van der Waals surface area contributed by atoms with Gasteiger partial charge in [-0.2, -0.15) is 13.2 Å². The summed E-state index contributed by atoms with van der Waals surface area (Å²) >= 11 is 0. The zero-order valence-corrected chi connectivity index (χ0v) is 22.6. The topological polar surface area (TPSA) is 61.7 Å². The Balaban J connectivity index is 1.28. The molecule has 0 radical (unpaired) electrons. The standard InChI is InChI=1S/C29H46F3NO3/c1-16-12-17(13-33-15-29(30,31)32)36-22-21(16)25(4)10-11-28-14-27(28)9-8-20(34)24(2,3)18(27)6-7-19(28)26(25,5)23(22)35/h16-23,33-35H,6-15H2,1-5H3/t16-,17?,18+,19?,20+,21+,22?,23+,25?,26-,27?,28?/m1/s1. The first kappa shape index (κ1) is 25.9. The number of aliphatic hydroxyl groups is 2. The van der Waals surface area contributed by atoms with Crippen LogP contribution in [-0.2, 0) is 4.74 Å². The molecule has 0 amide bonds. The number of fused-ring (bicyclic) bond motifs is 4. The number of hydrogen-bond acceptors (Lipinski definition) is 4. The van der Waals surface area contributed by atoms with Gasteiger partial charge in [-0.1, -0.05) is 34.6 Å². The van der Waals surface area contributed by atoms with Gasteiger partial charge in [0.15, 0.2) is 0 Å². The Hall–Kier alpha value is -0.370. The van der Waals surface area contributed by atoms with E-state index in [1.165, 1.54) is 12.8 Å². The third-order valence-electron chi connectivity index (χ3n) is 13.6. The lowest BCUT2D eigenvalue weighted by Gasteiger charge is -2.63. The summed E-state index contributed by atoms with van der Waals surface area (Å²) < 4.78 is 44.6. The average molecular weight is 514 g/mol. The van der Waals surface area contributed by atoms with Crippen LogP contribution in [0.25, 0.3) is 0 Å². The zero-order chi connectivity index (χ0) is 26.1. The second-order valence-corrected chi connectivity index (χ2v) is 14.9. The summed E-state index contributed by atoms with van der Waals surface area (Å²) in [5, 5.41) is 25.5. The minimum Gasteiger partial charge on any atom is -0.393 e. The van der Waals surface area contributed by atoms with Gasteiger partial charge in [-0.05, 0) is 96.7 Å². The van der Waals surface area contributed by atoms with Crippen molar-refractivity contribution in [3.05, 3.63) is 0 Å². The number of rotatable bonds is 3. The number of alkyl halides is 3. The summed E-state index contributed by atoms with van der Waals surface area (Å²) in [6.07, 6.45) is 2.77. The van der Waals surface area contributed by atoms with E-state index in [0.29, 0.717) is 23.2 Å². The van der Waals surface area contributed by atoms with E-state index in [1.54, 1.807) is 0 Å². The van der Waals surface area contributed by atoms with Crippen LogP contribution in [0.1, 0.15) is 86.0 Å². The van der Waals surface area contributed by atoms with Crippen molar-refractivity contribution in [2.24, 2.45) is 50.7 Å². The second kappa shape index (κ2) is 7.63.